The first-order chi connectivity index (χ1) is 16.6. The molecule has 0 unspecified atom stereocenters. The third kappa shape index (κ3) is 2.41. The molecule has 0 spiro atoms. The minimum absolute atomic E-state index is 0.0404. The van der Waals surface area contributed by atoms with Crippen molar-refractivity contribution in [3.8, 4) is 11.3 Å². The van der Waals surface area contributed by atoms with E-state index in [0.717, 1.165) is 44.8 Å². The molecule has 7 rings (SSSR count). The van der Waals surface area contributed by atoms with Gasteiger partial charge in [0.15, 0.2) is 5.78 Å². The highest BCUT2D eigenvalue weighted by Crippen LogP contribution is 2.53. The maximum Gasteiger partial charge on any atom is 0.198 e. The van der Waals surface area contributed by atoms with Gasteiger partial charge >= 0.3 is 0 Å². The summed E-state index contributed by atoms with van der Waals surface area (Å²) in [5.41, 5.74) is 9.47. The summed E-state index contributed by atoms with van der Waals surface area (Å²) in [6.07, 6.45) is 0. The van der Waals surface area contributed by atoms with Crippen LogP contribution in [0.4, 0.5) is 17.1 Å². The van der Waals surface area contributed by atoms with Crippen LogP contribution in [-0.4, -0.2) is 10.8 Å². The summed E-state index contributed by atoms with van der Waals surface area (Å²) in [5.74, 6) is 0.0404. The highest BCUT2D eigenvalue weighted by Gasteiger charge is 2.39. The molecule has 0 atom stereocenters. The van der Waals surface area contributed by atoms with Gasteiger partial charge in [0.2, 0.25) is 0 Å². The molecule has 1 aromatic heterocycles. The molecule has 4 aromatic carbocycles. The Kier molecular flexibility index (Phi) is 3.76. The van der Waals surface area contributed by atoms with E-state index in [1.54, 1.807) is 0 Å². The molecule has 162 valence electrons. The van der Waals surface area contributed by atoms with E-state index >= 15 is 0 Å². The fraction of sp³-hybridized carbons (Fsp3) is 0.0968. The maximum atomic E-state index is 13.9. The fourth-order valence-electron chi connectivity index (χ4n) is 5.72. The van der Waals surface area contributed by atoms with Crippen molar-refractivity contribution in [2.24, 2.45) is 0 Å². The van der Waals surface area contributed by atoms with E-state index in [2.05, 4.69) is 73.3 Å². The monoisotopic (exact) mass is 438 g/mol. The molecule has 0 bridgehead atoms. The number of hydrogen-bond acceptors (Lipinski definition) is 3. The van der Waals surface area contributed by atoms with Crippen LogP contribution >= 0.6 is 0 Å². The third-order valence-corrected chi connectivity index (χ3v) is 7.37. The first kappa shape index (κ1) is 19.2. The van der Waals surface area contributed by atoms with Gasteiger partial charge in [-0.05, 0) is 41.5 Å². The van der Waals surface area contributed by atoms with Gasteiger partial charge in [0.1, 0.15) is 0 Å². The van der Waals surface area contributed by atoms with Crippen LogP contribution in [-0.2, 0) is 5.41 Å². The normalized spacial score (nSPS) is 15.0. The number of ketones is 1. The molecule has 0 radical (unpaired) electrons. The summed E-state index contributed by atoms with van der Waals surface area (Å²) in [7, 11) is 0. The number of rotatable bonds is 1. The zero-order valence-electron chi connectivity index (χ0n) is 19.0. The Bertz CT molecular complexity index is 1610. The van der Waals surface area contributed by atoms with E-state index in [1.807, 2.05) is 42.5 Å². The molecular formula is C31H22N2O. The molecule has 1 aliphatic heterocycles. The highest BCUT2D eigenvalue weighted by atomic mass is 16.1. The number of para-hydroxylation sites is 3. The van der Waals surface area contributed by atoms with E-state index < -0.39 is 0 Å². The van der Waals surface area contributed by atoms with Crippen molar-refractivity contribution in [2.45, 2.75) is 19.3 Å². The molecule has 5 aromatic rings. The van der Waals surface area contributed by atoms with Crippen molar-refractivity contribution in [2.75, 3.05) is 4.90 Å². The number of pyridine rings is 1. The minimum atomic E-state index is -0.145. The average Bonchev–Trinajstić information content (AvgIpc) is 3.15. The number of aromatic nitrogens is 1. The van der Waals surface area contributed by atoms with Gasteiger partial charge < -0.3 is 4.90 Å². The number of fused-ring (bicyclic) bond motifs is 6. The van der Waals surface area contributed by atoms with Gasteiger partial charge in [0.05, 0.1) is 33.8 Å². The predicted molar refractivity (Wildman–Crippen MR) is 137 cm³/mol. The Labute approximate surface area is 198 Å². The SMILES string of the molecule is CC1(C)c2ccccc2N(c2cccc3c2C(=O)c2cc4ccccc4nc2-3)c2ccccc21. The molecule has 3 heteroatoms. The van der Waals surface area contributed by atoms with Gasteiger partial charge in [-0.15, -0.1) is 0 Å². The van der Waals surface area contributed by atoms with E-state index in [0.29, 0.717) is 5.56 Å². The summed E-state index contributed by atoms with van der Waals surface area (Å²) < 4.78 is 0. The van der Waals surface area contributed by atoms with Crippen LogP contribution in [0.15, 0.2) is 97.1 Å². The molecule has 2 aliphatic rings. The summed E-state index contributed by atoms with van der Waals surface area (Å²) in [6.45, 7) is 4.54. The summed E-state index contributed by atoms with van der Waals surface area (Å²) in [5, 5.41) is 0.986. The number of nitrogens with zero attached hydrogens (tertiary/aromatic N) is 2. The lowest BCUT2D eigenvalue weighted by Gasteiger charge is -2.42. The topological polar surface area (TPSA) is 33.2 Å². The van der Waals surface area contributed by atoms with E-state index in [4.69, 9.17) is 4.98 Å². The molecule has 0 saturated heterocycles. The second-order valence-electron chi connectivity index (χ2n) is 9.60. The predicted octanol–water partition coefficient (Wildman–Crippen LogP) is 7.56. The van der Waals surface area contributed by atoms with Crippen molar-refractivity contribution >= 4 is 33.7 Å². The lowest BCUT2D eigenvalue weighted by atomic mass is 9.73. The number of anilines is 3. The van der Waals surface area contributed by atoms with Crippen LogP contribution in [0.2, 0.25) is 0 Å². The Morgan fingerprint density at radius 2 is 1.29 bits per heavy atom. The lowest BCUT2D eigenvalue weighted by Crippen LogP contribution is -2.31. The number of hydrogen-bond donors (Lipinski definition) is 0. The van der Waals surface area contributed by atoms with Crippen molar-refractivity contribution in [1.82, 2.24) is 4.98 Å². The molecule has 0 fully saturated rings. The highest BCUT2D eigenvalue weighted by molar-refractivity contribution is 6.25. The first-order valence-electron chi connectivity index (χ1n) is 11.6. The van der Waals surface area contributed by atoms with Crippen molar-refractivity contribution in [3.05, 3.63) is 119 Å². The first-order valence-corrected chi connectivity index (χ1v) is 11.6. The van der Waals surface area contributed by atoms with Gasteiger partial charge in [0.25, 0.3) is 0 Å². The Morgan fingerprint density at radius 1 is 0.676 bits per heavy atom. The molecule has 0 amide bonds. The second kappa shape index (κ2) is 6.64. The Morgan fingerprint density at radius 3 is 2.03 bits per heavy atom. The molecule has 0 saturated carbocycles. The van der Waals surface area contributed by atoms with Crippen LogP contribution in [0.5, 0.6) is 0 Å². The van der Waals surface area contributed by atoms with Crippen LogP contribution in [0.3, 0.4) is 0 Å². The van der Waals surface area contributed by atoms with Crippen LogP contribution in [0.1, 0.15) is 40.9 Å². The van der Waals surface area contributed by atoms with Crippen molar-refractivity contribution in [3.63, 3.8) is 0 Å². The van der Waals surface area contributed by atoms with Crippen LogP contribution < -0.4 is 4.90 Å². The summed E-state index contributed by atoms with van der Waals surface area (Å²) in [6, 6.07) is 33.2. The standard InChI is InChI=1S/C31H22N2O/c1-31(2)22-12-4-7-15-25(22)33(26-16-8-5-13-23(26)31)27-17-9-11-20-28(27)30(34)21-18-19-10-3-6-14-24(19)32-29(20)21/h3-18H,1-2H3. The minimum Gasteiger partial charge on any atom is -0.309 e. The lowest BCUT2D eigenvalue weighted by molar-refractivity contribution is 0.104. The molecular weight excluding hydrogens is 416 g/mol. The molecule has 34 heavy (non-hydrogen) atoms. The Balaban J connectivity index is 1.52. The largest absolute Gasteiger partial charge is 0.309 e. The molecule has 2 heterocycles. The number of carbonyl (C=O) groups excluding carboxylic acids is 1. The second-order valence-corrected chi connectivity index (χ2v) is 9.60. The smallest absolute Gasteiger partial charge is 0.198 e. The average molecular weight is 439 g/mol. The fourth-order valence-corrected chi connectivity index (χ4v) is 5.72. The van der Waals surface area contributed by atoms with E-state index in [9.17, 15) is 4.79 Å². The van der Waals surface area contributed by atoms with Crippen molar-refractivity contribution in [1.29, 1.82) is 0 Å². The molecule has 0 N–H and O–H groups in total. The van der Waals surface area contributed by atoms with Crippen LogP contribution in [0.25, 0.3) is 22.2 Å². The van der Waals surface area contributed by atoms with E-state index in [1.165, 1.54) is 11.1 Å². The van der Waals surface area contributed by atoms with Crippen molar-refractivity contribution < 1.29 is 4.79 Å². The van der Waals surface area contributed by atoms with Crippen LogP contribution in [0, 0.1) is 0 Å². The van der Waals surface area contributed by atoms with Gasteiger partial charge in [-0.1, -0.05) is 80.6 Å². The Hall–Kier alpha value is -4.24. The number of benzene rings is 4. The van der Waals surface area contributed by atoms with Gasteiger partial charge in [0, 0.05) is 21.9 Å². The zero-order valence-corrected chi connectivity index (χ0v) is 19.0. The van der Waals surface area contributed by atoms with Gasteiger partial charge in [-0.25, -0.2) is 4.98 Å². The quantitative estimate of drug-likeness (QED) is 0.266. The molecule has 3 nitrogen and oxygen atoms in total. The summed E-state index contributed by atoms with van der Waals surface area (Å²) >= 11 is 0. The molecule has 1 aliphatic carbocycles. The zero-order chi connectivity index (χ0) is 23.0. The third-order valence-electron chi connectivity index (χ3n) is 7.37. The maximum absolute atomic E-state index is 13.9. The number of carbonyl (C=O) groups is 1. The van der Waals surface area contributed by atoms with E-state index in [-0.39, 0.29) is 11.2 Å². The van der Waals surface area contributed by atoms with Gasteiger partial charge in [-0.2, -0.15) is 0 Å². The summed E-state index contributed by atoms with van der Waals surface area (Å²) in [4.78, 5) is 21.0. The van der Waals surface area contributed by atoms with Gasteiger partial charge in [-0.3, -0.25) is 4.79 Å².